The molecule has 0 radical (unpaired) electrons. The highest BCUT2D eigenvalue weighted by molar-refractivity contribution is 5.10. The van der Waals surface area contributed by atoms with E-state index in [1.807, 2.05) is 6.92 Å². The van der Waals surface area contributed by atoms with Gasteiger partial charge >= 0.3 is 0 Å². The van der Waals surface area contributed by atoms with E-state index in [2.05, 4.69) is 24.6 Å². The van der Waals surface area contributed by atoms with Crippen LogP contribution in [-0.2, 0) is 0 Å². The van der Waals surface area contributed by atoms with Gasteiger partial charge in [-0.05, 0) is 19.1 Å². The normalized spacial score (nSPS) is 5.86. The van der Waals surface area contributed by atoms with Gasteiger partial charge in [0.2, 0.25) is 0 Å². The lowest BCUT2D eigenvalue weighted by Crippen LogP contribution is -1.53. The van der Waals surface area contributed by atoms with Gasteiger partial charge in [0, 0.05) is 0 Å². The highest BCUT2D eigenvalue weighted by Gasteiger charge is 1.66. The van der Waals surface area contributed by atoms with Crippen LogP contribution in [0.25, 0.3) is 0 Å². The molecule has 0 bridgehead atoms. The summed E-state index contributed by atoms with van der Waals surface area (Å²) >= 11 is 0. The Morgan fingerprint density at radius 1 is 1.71 bits per heavy atom. The summed E-state index contributed by atoms with van der Waals surface area (Å²) in [4.78, 5) is 0. The molecular formula is C7H8. The smallest absolute Gasteiger partial charge is 0.00133 e. The van der Waals surface area contributed by atoms with E-state index in [0.717, 1.165) is 5.57 Å². The highest BCUT2D eigenvalue weighted by Crippen LogP contribution is 1.84. The van der Waals surface area contributed by atoms with Gasteiger partial charge in [0.25, 0.3) is 0 Å². The van der Waals surface area contributed by atoms with Crippen molar-refractivity contribution in [1.29, 1.82) is 0 Å². The summed E-state index contributed by atoms with van der Waals surface area (Å²) in [6.07, 6.45) is 1.71. The van der Waals surface area contributed by atoms with E-state index in [9.17, 15) is 0 Å². The van der Waals surface area contributed by atoms with Crippen LogP contribution >= 0.6 is 0 Å². The fraction of sp³-hybridized carbons (Fsp3) is 0.143. The molecule has 0 amide bonds. The zero-order valence-corrected chi connectivity index (χ0v) is 4.49. The van der Waals surface area contributed by atoms with Crippen LogP contribution in [0, 0.1) is 0 Å². The van der Waals surface area contributed by atoms with Gasteiger partial charge in [0.15, 0.2) is 0 Å². The van der Waals surface area contributed by atoms with Crippen LogP contribution in [0.1, 0.15) is 6.92 Å². The summed E-state index contributed by atoms with van der Waals surface area (Å²) in [6.45, 7) is 8.75. The summed E-state index contributed by atoms with van der Waals surface area (Å²) in [5.74, 6) is 0. The molecule has 0 aliphatic heterocycles. The lowest BCUT2D eigenvalue weighted by molar-refractivity contribution is 1.56. The van der Waals surface area contributed by atoms with Crippen LogP contribution in [0.5, 0.6) is 0 Å². The summed E-state index contributed by atoms with van der Waals surface area (Å²) in [7, 11) is 0. The Labute approximate surface area is 44.2 Å². The predicted octanol–water partition coefficient (Wildman–Crippen LogP) is 2.06. The lowest BCUT2D eigenvalue weighted by atomic mass is 10.3. The first-order chi connectivity index (χ1) is 3.31. The predicted molar refractivity (Wildman–Crippen MR) is 32.0 cm³/mol. The van der Waals surface area contributed by atoms with Crippen molar-refractivity contribution in [2.24, 2.45) is 0 Å². The van der Waals surface area contributed by atoms with Crippen molar-refractivity contribution in [3.05, 3.63) is 36.3 Å². The number of hydrogen-bond acceptors (Lipinski definition) is 0. The van der Waals surface area contributed by atoms with Gasteiger partial charge in [-0.3, -0.25) is 0 Å². The Balaban J connectivity index is 4.31. The van der Waals surface area contributed by atoms with E-state index < -0.39 is 0 Å². The zero-order chi connectivity index (χ0) is 5.70. The molecule has 0 saturated carbocycles. The third-order valence-electron chi connectivity index (χ3n) is 0.592. The topological polar surface area (TPSA) is 0 Å². The standard InChI is InChI=1S/C7H8/c1-4-6-7(3)5-2/h5H,1-2H2,3H3. The monoisotopic (exact) mass is 92.1 g/mol. The fourth-order valence-corrected chi connectivity index (χ4v) is 0.190. The van der Waals surface area contributed by atoms with Crippen molar-refractivity contribution in [2.45, 2.75) is 6.92 Å². The Morgan fingerprint density at radius 2 is 2.29 bits per heavy atom. The minimum absolute atomic E-state index is 0.968. The summed E-state index contributed by atoms with van der Waals surface area (Å²) in [6, 6.07) is 0. The van der Waals surface area contributed by atoms with Gasteiger partial charge in [-0.2, -0.15) is 0 Å². The van der Waals surface area contributed by atoms with E-state index in [4.69, 9.17) is 0 Å². The van der Waals surface area contributed by atoms with Gasteiger partial charge in [-0.15, -0.1) is 0 Å². The third kappa shape index (κ3) is 2.85. The zero-order valence-electron chi connectivity index (χ0n) is 4.49. The molecule has 0 heterocycles. The first-order valence-electron chi connectivity index (χ1n) is 2.05. The van der Waals surface area contributed by atoms with Crippen LogP contribution in [-0.4, -0.2) is 0 Å². The first kappa shape index (κ1) is 6.04. The number of hydrogen-bond donors (Lipinski definition) is 0. The van der Waals surface area contributed by atoms with Crippen molar-refractivity contribution in [3.63, 3.8) is 0 Å². The molecule has 0 atom stereocenters. The van der Waals surface area contributed by atoms with Gasteiger partial charge in [-0.1, -0.05) is 24.1 Å². The molecular weight excluding hydrogens is 84.1 g/mol. The molecule has 0 aromatic carbocycles. The van der Waals surface area contributed by atoms with Crippen molar-refractivity contribution >= 4 is 0 Å². The van der Waals surface area contributed by atoms with Crippen LogP contribution in [0.2, 0.25) is 0 Å². The van der Waals surface area contributed by atoms with Crippen molar-refractivity contribution < 1.29 is 0 Å². The second-order valence-corrected chi connectivity index (χ2v) is 1.19. The third-order valence-corrected chi connectivity index (χ3v) is 0.592. The maximum absolute atomic E-state index is 3.51. The molecule has 0 aliphatic rings. The number of rotatable bonds is 1. The molecule has 0 aliphatic carbocycles. The molecule has 0 unspecified atom stereocenters. The Bertz CT molecular complexity index is 139. The molecule has 7 heavy (non-hydrogen) atoms. The molecule has 0 spiro atoms. The average Bonchev–Trinajstić information content (AvgIpc) is 1.68. The SMILES string of the molecule is C=C=C=C(C)C=C. The highest BCUT2D eigenvalue weighted by atomic mass is 13.7. The molecule has 36 valence electrons. The average molecular weight is 92.1 g/mol. The largest absolute Gasteiger partial charge is 0.0982 e. The number of allylic oxidation sites excluding steroid dienone is 2. The summed E-state index contributed by atoms with van der Waals surface area (Å²) in [5, 5.41) is 0. The molecule has 0 saturated heterocycles. The second kappa shape index (κ2) is 3.24. The molecule has 0 fully saturated rings. The fourth-order valence-electron chi connectivity index (χ4n) is 0.190. The van der Waals surface area contributed by atoms with Crippen molar-refractivity contribution in [1.82, 2.24) is 0 Å². The van der Waals surface area contributed by atoms with Crippen molar-refractivity contribution in [2.75, 3.05) is 0 Å². The van der Waals surface area contributed by atoms with E-state index in [1.165, 1.54) is 0 Å². The summed E-state index contributed by atoms with van der Waals surface area (Å²) in [5.41, 5.74) is 6.21. The maximum Gasteiger partial charge on any atom is -0.00133 e. The summed E-state index contributed by atoms with van der Waals surface area (Å²) < 4.78 is 0. The lowest BCUT2D eigenvalue weighted by Gasteiger charge is -1.72. The van der Waals surface area contributed by atoms with Crippen LogP contribution in [0.4, 0.5) is 0 Å². The molecule has 0 nitrogen and oxygen atoms in total. The van der Waals surface area contributed by atoms with Gasteiger partial charge in [0.1, 0.15) is 0 Å². The minimum Gasteiger partial charge on any atom is -0.0982 e. The Kier molecular flexibility index (Phi) is 2.79. The molecule has 0 rings (SSSR count). The Morgan fingerprint density at radius 3 is 2.43 bits per heavy atom. The van der Waals surface area contributed by atoms with E-state index in [-0.39, 0.29) is 0 Å². The van der Waals surface area contributed by atoms with E-state index in [0.29, 0.717) is 0 Å². The second-order valence-electron chi connectivity index (χ2n) is 1.19. The molecule has 0 heteroatoms. The van der Waals surface area contributed by atoms with Gasteiger partial charge in [-0.25, -0.2) is 0 Å². The molecule has 0 aromatic heterocycles. The van der Waals surface area contributed by atoms with Crippen molar-refractivity contribution in [3.8, 4) is 0 Å². The maximum atomic E-state index is 3.51. The Hall–Kier alpha value is -0.960. The van der Waals surface area contributed by atoms with Crippen LogP contribution in [0.3, 0.4) is 0 Å². The molecule has 0 N–H and O–H groups in total. The van der Waals surface area contributed by atoms with E-state index in [1.54, 1.807) is 6.08 Å². The first-order valence-corrected chi connectivity index (χ1v) is 2.05. The van der Waals surface area contributed by atoms with Crippen LogP contribution in [0.15, 0.2) is 36.3 Å². The minimum atomic E-state index is 0.968. The quantitative estimate of drug-likeness (QED) is 0.343. The van der Waals surface area contributed by atoms with Gasteiger partial charge < -0.3 is 0 Å². The molecule has 0 aromatic rings. The van der Waals surface area contributed by atoms with Gasteiger partial charge in [0.05, 0.1) is 0 Å². The van der Waals surface area contributed by atoms with Crippen LogP contribution < -0.4 is 0 Å². The van der Waals surface area contributed by atoms with E-state index >= 15 is 0 Å².